The van der Waals surface area contributed by atoms with Crippen LogP contribution in [0.5, 0.6) is 0 Å². The van der Waals surface area contributed by atoms with Crippen LogP contribution in [0.25, 0.3) is 16.7 Å². The van der Waals surface area contributed by atoms with Gasteiger partial charge in [0.1, 0.15) is 6.61 Å². The fourth-order valence-electron chi connectivity index (χ4n) is 4.12. The Morgan fingerprint density at radius 3 is 2.75 bits per heavy atom. The van der Waals surface area contributed by atoms with E-state index in [9.17, 15) is 14.7 Å². The summed E-state index contributed by atoms with van der Waals surface area (Å²) in [5.74, 6) is -0.864. The zero-order valence-corrected chi connectivity index (χ0v) is 18.5. The highest BCUT2D eigenvalue weighted by molar-refractivity contribution is 5.80. The van der Waals surface area contributed by atoms with Crippen LogP contribution in [-0.4, -0.2) is 59.4 Å². The summed E-state index contributed by atoms with van der Waals surface area (Å²) in [6.45, 7) is 2.65. The molecular formula is C26H31NO5. The van der Waals surface area contributed by atoms with Gasteiger partial charge in [-0.15, -0.1) is 0 Å². The van der Waals surface area contributed by atoms with Crippen molar-refractivity contribution < 1.29 is 24.5 Å². The molecule has 6 heteroatoms. The maximum Gasteiger partial charge on any atom is 0.329 e. The SMILES string of the molecule is Cc1ccccc1-c1cccc(/C(=C\[C@H]2CCC(=O)N2CCCCOCC(=O)O)CO)c1. The van der Waals surface area contributed by atoms with E-state index in [2.05, 4.69) is 31.2 Å². The molecule has 0 aromatic heterocycles. The third kappa shape index (κ3) is 6.28. The molecule has 2 aromatic rings. The maximum atomic E-state index is 12.4. The number of carboxylic acids is 1. The fourth-order valence-corrected chi connectivity index (χ4v) is 4.12. The molecule has 0 bridgehead atoms. The Balaban J connectivity index is 1.69. The number of aryl methyl sites for hydroxylation is 1. The summed E-state index contributed by atoms with van der Waals surface area (Å²) in [4.78, 5) is 24.7. The van der Waals surface area contributed by atoms with Gasteiger partial charge in [0, 0.05) is 19.6 Å². The molecule has 1 saturated heterocycles. The molecule has 2 aromatic carbocycles. The van der Waals surface area contributed by atoms with E-state index in [4.69, 9.17) is 9.84 Å². The number of aliphatic hydroxyl groups excluding tert-OH is 1. The average molecular weight is 438 g/mol. The summed E-state index contributed by atoms with van der Waals surface area (Å²) >= 11 is 0. The highest BCUT2D eigenvalue weighted by atomic mass is 16.5. The van der Waals surface area contributed by atoms with Crippen LogP contribution in [-0.2, 0) is 14.3 Å². The van der Waals surface area contributed by atoms with Gasteiger partial charge < -0.3 is 19.8 Å². The van der Waals surface area contributed by atoms with Gasteiger partial charge in [-0.2, -0.15) is 0 Å². The van der Waals surface area contributed by atoms with Crippen molar-refractivity contribution in [2.75, 3.05) is 26.4 Å². The number of amides is 1. The van der Waals surface area contributed by atoms with Gasteiger partial charge in [-0.3, -0.25) is 4.79 Å². The lowest BCUT2D eigenvalue weighted by molar-refractivity contribution is -0.142. The normalized spacial score (nSPS) is 16.6. The molecule has 1 fully saturated rings. The fraction of sp³-hybridized carbons (Fsp3) is 0.385. The van der Waals surface area contributed by atoms with E-state index in [1.165, 1.54) is 5.56 Å². The summed E-state index contributed by atoms with van der Waals surface area (Å²) in [7, 11) is 0. The minimum Gasteiger partial charge on any atom is -0.480 e. The van der Waals surface area contributed by atoms with Crippen LogP contribution in [0.2, 0.25) is 0 Å². The molecule has 0 unspecified atom stereocenters. The van der Waals surface area contributed by atoms with E-state index in [-0.39, 0.29) is 25.2 Å². The first-order chi connectivity index (χ1) is 15.5. The van der Waals surface area contributed by atoms with Crippen LogP contribution in [0.4, 0.5) is 0 Å². The predicted molar refractivity (Wildman–Crippen MR) is 124 cm³/mol. The highest BCUT2D eigenvalue weighted by Crippen LogP contribution is 2.28. The number of carbonyl (C=O) groups excluding carboxylic acids is 1. The standard InChI is InChI=1S/C26H31NO5/c1-19-7-2-3-10-24(19)21-9-6-8-20(15-21)22(17-28)16-23-11-12-25(29)27(23)13-4-5-14-32-18-26(30)31/h2-3,6-10,15-16,23,28H,4-5,11-14,17-18H2,1H3,(H,30,31)/b22-16-/t23-/m1/s1. The number of carbonyl (C=O) groups is 2. The van der Waals surface area contributed by atoms with Gasteiger partial charge in [0.2, 0.25) is 5.91 Å². The summed E-state index contributed by atoms with van der Waals surface area (Å²) in [6, 6.07) is 16.3. The van der Waals surface area contributed by atoms with Crippen molar-refractivity contribution in [3.63, 3.8) is 0 Å². The minimum atomic E-state index is -0.979. The summed E-state index contributed by atoms with van der Waals surface area (Å²) in [5.41, 5.74) is 5.22. The monoisotopic (exact) mass is 437 g/mol. The zero-order chi connectivity index (χ0) is 22.9. The molecular weight excluding hydrogens is 406 g/mol. The molecule has 1 aliphatic heterocycles. The van der Waals surface area contributed by atoms with E-state index < -0.39 is 5.97 Å². The predicted octanol–water partition coefficient (Wildman–Crippen LogP) is 3.91. The first-order valence-corrected chi connectivity index (χ1v) is 11.1. The Kier molecular flexibility index (Phi) is 8.59. The molecule has 0 aliphatic carbocycles. The number of benzene rings is 2. The Labute approximate surface area is 189 Å². The summed E-state index contributed by atoms with van der Waals surface area (Å²) in [6.07, 6.45) is 4.68. The van der Waals surface area contributed by atoms with Crippen LogP contribution in [0.1, 0.15) is 36.8 Å². The third-order valence-corrected chi connectivity index (χ3v) is 5.79. The third-order valence-electron chi connectivity index (χ3n) is 5.79. The van der Waals surface area contributed by atoms with Crippen LogP contribution in [0, 0.1) is 6.92 Å². The van der Waals surface area contributed by atoms with Crippen molar-refractivity contribution in [2.24, 2.45) is 0 Å². The Morgan fingerprint density at radius 1 is 1.19 bits per heavy atom. The van der Waals surface area contributed by atoms with E-state index in [1.807, 2.05) is 35.2 Å². The van der Waals surface area contributed by atoms with Gasteiger partial charge >= 0.3 is 5.97 Å². The smallest absolute Gasteiger partial charge is 0.329 e. The van der Waals surface area contributed by atoms with Crippen molar-refractivity contribution in [1.29, 1.82) is 0 Å². The lowest BCUT2D eigenvalue weighted by Crippen LogP contribution is -2.33. The van der Waals surface area contributed by atoms with Crippen molar-refractivity contribution >= 4 is 17.4 Å². The number of rotatable bonds is 11. The molecule has 1 atom stereocenters. The van der Waals surface area contributed by atoms with Gasteiger partial charge in [-0.25, -0.2) is 4.79 Å². The molecule has 0 spiro atoms. The number of ether oxygens (including phenoxy) is 1. The van der Waals surface area contributed by atoms with Crippen LogP contribution >= 0.6 is 0 Å². The van der Waals surface area contributed by atoms with Gasteiger partial charge in [0.05, 0.1) is 12.6 Å². The van der Waals surface area contributed by atoms with Crippen LogP contribution in [0.15, 0.2) is 54.6 Å². The van der Waals surface area contributed by atoms with Gasteiger partial charge in [-0.05, 0) is 60.1 Å². The van der Waals surface area contributed by atoms with Gasteiger partial charge in [-0.1, -0.05) is 48.5 Å². The molecule has 170 valence electrons. The number of aliphatic hydroxyl groups is 1. The number of unbranched alkanes of at least 4 members (excludes halogenated alkanes) is 1. The number of hydrogen-bond acceptors (Lipinski definition) is 4. The quantitative estimate of drug-likeness (QED) is 0.521. The van der Waals surface area contributed by atoms with Crippen LogP contribution in [0.3, 0.4) is 0 Å². The Hall–Kier alpha value is -2.96. The molecule has 1 heterocycles. The first kappa shape index (κ1) is 23.7. The first-order valence-electron chi connectivity index (χ1n) is 11.1. The topological polar surface area (TPSA) is 87.1 Å². The number of aliphatic carboxylic acids is 1. The second-order valence-corrected chi connectivity index (χ2v) is 8.09. The van der Waals surface area contributed by atoms with Gasteiger partial charge in [0.25, 0.3) is 0 Å². The molecule has 0 saturated carbocycles. The molecule has 1 aliphatic rings. The number of likely N-dealkylation sites (tertiary alicyclic amines) is 1. The van der Waals surface area contributed by atoms with Gasteiger partial charge in [0.15, 0.2) is 0 Å². The maximum absolute atomic E-state index is 12.4. The lowest BCUT2D eigenvalue weighted by atomic mass is 9.95. The molecule has 32 heavy (non-hydrogen) atoms. The largest absolute Gasteiger partial charge is 0.480 e. The molecule has 0 radical (unpaired) electrons. The van der Waals surface area contributed by atoms with Crippen molar-refractivity contribution in [3.05, 3.63) is 65.7 Å². The number of carboxylic acid groups (broad SMARTS) is 1. The second-order valence-electron chi connectivity index (χ2n) is 8.09. The zero-order valence-electron chi connectivity index (χ0n) is 18.5. The molecule has 6 nitrogen and oxygen atoms in total. The summed E-state index contributed by atoms with van der Waals surface area (Å²) in [5, 5.41) is 18.7. The van der Waals surface area contributed by atoms with Crippen molar-refractivity contribution in [3.8, 4) is 11.1 Å². The average Bonchev–Trinajstić information content (AvgIpc) is 3.13. The number of nitrogens with zero attached hydrogens (tertiary/aromatic N) is 1. The minimum absolute atomic E-state index is 0.0493. The number of hydrogen-bond donors (Lipinski definition) is 2. The molecule has 2 N–H and O–H groups in total. The molecule has 3 rings (SSSR count). The Morgan fingerprint density at radius 2 is 2.00 bits per heavy atom. The second kappa shape index (κ2) is 11.6. The Bertz CT molecular complexity index is 968. The molecule has 1 amide bonds. The van der Waals surface area contributed by atoms with E-state index in [0.717, 1.165) is 35.1 Å². The van der Waals surface area contributed by atoms with Crippen molar-refractivity contribution in [2.45, 2.75) is 38.6 Å². The van der Waals surface area contributed by atoms with Crippen LogP contribution < -0.4 is 0 Å². The van der Waals surface area contributed by atoms with E-state index in [1.54, 1.807) is 0 Å². The van der Waals surface area contributed by atoms with E-state index in [0.29, 0.717) is 26.0 Å². The van der Waals surface area contributed by atoms with E-state index >= 15 is 0 Å². The summed E-state index contributed by atoms with van der Waals surface area (Å²) < 4.78 is 5.06. The van der Waals surface area contributed by atoms with Crippen molar-refractivity contribution in [1.82, 2.24) is 4.90 Å². The highest BCUT2D eigenvalue weighted by Gasteiger charge is 2.29. The lowest BCUT2D eigenvalue weighted by Gasteiger charge is -2.23.